The average molecular weight is 277 g/mol. The molecule has 0 aromatic heterocycles. The van der Waals surface area contributed by atoms with Crippen LogP contribution in [-0.2, 0) is 4.79 Å². The minimum atomic E-state index is -0.615. The van der Waals surface area contributed by atoms with Crippen LogP contribution in [0.25, 0.3) is 0 Å². The molecule has 0 unspecified atom stereocenters. The van der Waals surface area contributed by atoms with Gasteiger partial charge in [-0.15, -0.1) is 0 Å². The number of hydrogen-bond acceptors (Lipinski definition) is 3. The van der Waals surface area contributed by atoms with Crippen molar-refractivity contribution >= 4 is 17.5 Å². The summed E-state index contributed by atoms with van der Waals surface area (Å²) in [6, 6.07) is 6.21. The second-order valence-corrected chi connectivity index (χ2v) is 6.11. The highest BCUT2D eigenvalue weighted by Gasteiger charge is 2.27. The van der Waals surface area contributed by atoms with E-state index in [2.05, 4.69) is 5.32 Å². The molecule has 1 aromatic carbocycles. The maximum Gasteiger partial charge on any atom is 0.253 e. The number of nitrogens with two attached hydrogens (primary N) is 1. The molecule has 0 fully saturated rings. The maximum absolute atomic E-state index is 12.0. The van der Waals surface area contributed by atoms with Gasteiger partial charge in [0.15, 0.2) is 0 Å². The highest BCUT2D eigenvalue weighted by Crippen LogP contribution is 2.19. The van der Waals surface area contributed by atoms with Crippen LogP contribution in [0.3, 0.4) is 0 Å². The second-order valence-electron chi connectivity index (χ2n) is 6.11. The summed E-state index contributed by atoms with van der Waals surface area (Å²) >= 11 is 0. The molecule has 0 bridgehead atoms. The fourth-order valence-electron chi connectivity index (χ4n) is 1.60. The van der Waals surface area contributed by atoms with Gasteiger partial charge in [0.25, 0.3) is 5.91 Å². The van der Waals surface area contributed by atoms with Crippen LogP contribution in [0.1, 0.15) is 31.1 Å². The smallest absolute Gasteiger partial charge is 0.253 e. The van der Waals surface area contributed by atoms with E-state index in [1.165, 1.54) is 4.90 Å². The van der Waals surface area contributed by atoms with E-state index < -0.39 is 6.04 Å². The van der Waals surface area contributed by atoms with Crippen LogP contribution in [0.5, 0.6) is 0 Å². The molecule has 0 radical (unpaired) electrons. The molecule has 0 saturated carbocycles. The van der Waals surface area contributed by atoms with Crippen LogP contribution in [-0.4, -0.2) is 36.9 Å². The zero-order valence-corrected chi connectivity index (χ0v) is 12.7. The predicted molar refractivity (Wildman–Crippen MR) is 80.5 cm³/mol. The third-order valence-electron chi connectivity index (χ3n) is 3.00. The molecule has 1 aromatic rings. The Morgan fingerprint density at radius 3 is 2.35 bits per heavy atom. The number of carbonyl (C=O) groups excluding carboxylic acids is 2. The van der Waals surface area contributed by atoms with Gasteiger partial charge < -0.3 is 16.0 Å². The van der Waals surface area contributed by atoms with Crippen molar-refractivity contribution < 1.29 is 9.59 Å². The molecular formula is C15H23N3O2. The first-order chi connectivity index (χ1) is 9.12. The van der Waals surface area contributed by atoms with Gasteiger partial charge in [0, 0.05) is 25.3 Å². The van der Waals surface area contributed by atoms with Crippen LogP contribution in [0, 0.1) is 5.41 Å². The highest BCUT2D eigenvalue weighted by atomic mass is 16.2. The number of anilines is 1. The van der Waals surface area contributed by atoms with Gasteiger partial charge in [-0.25, -0.2) is 0 Å². The van der Waals surface area contributed by atoms with E-state index in [9.17, 15) is 9.59 Å². The van der Waals surface area contributed by atoms with E-state index in [4.69, 9.17) is 5.73 Å². The summed E-state index contributed by atoms with van der Waals surface area (Å²) < 4.78 is 0. The topological polar surface area (TPSA) is 75.4 Å². The van der Waals surface area contributed by atoms with E-state index >= 15 is 0 Å². The first-order valence-electron chi connectivity index (χ1n) is 6.51. The van der Waals surface area contributed by atoms with Crippen molar-refractivity contribution in [2.45, 2.75) is 26.8 Å². The van der Waals surface area contributed by atoms with Gasteiger partial charge in [-0.2, -0.15) is 0 Å². The van der Waals surface area contributed by atoms with Crippen LogP contribution in [0.15, 0.2) is 24.3 Å². The van der Waals surface area contributed by atoms with Gasteiger partial charge in [-0.1, -0.05) is 26.8 Å². The van der Waals surface area contributed by atoms with E-state index in [1.807, 2.05) is 20.8 Å². The van der Waals surface area contributed by atoms with Crippen LogP contribution in [0.4, 0.5) is 5.69 Å². The quantitative estimate of drug-likeness (QED) is 0.883. The summed E-state index contributed by atoms with van der Waals surface area (Å²) in [5.41, 5.74) is 6.68. The Kier molecular flexibility index (Phi) is 4.89. The molecule has 0 heterocycles. The van der Waals surface area contributed by atoms with Crippen molar-refractivity contribution in [3.63, 3.8) is 0 Å². The molecule has 1 atom stereocenters. The van der Waals surface area contributed by atoms with Gasteiger partial charge in [-0.3, -0.25) is 9.59 Å². The number of benzene rings is 1. The van der Waals surface area contributed by atoms with E-state index in [0.717, 1.165) is 0 Å². The third kappa shape index (κ3) is 4.06. The molecule has 0 spiro atoms. The normalized spacial score (nSPS) is 12.7. The van der Waals surface area contributed by atoms with Crippen molar-refractivity contribution in [1.82, 2.24) is 4.90 Å². The van der Waals surface area contributed by atoms with Crippen molar-refractivity contribution in [1.29, 1.82) is 0 Å². The lowest BCUT2D eigenvalue weighted by Gasteiger charge is -2.25. The Balaban J connectivity index is 2.87. The minimum Gasteiger partial charge on any atom is -0.345 e. The SMILES string of the molecule is CN(C)C(=O)c1cccc(NC(=O)[C@@H](N)C(C)(C)C)c1. The van der Waals surface area contributed by atoms with Gasteiger partial charge in [-0.05, 0) is 23.6 Å². The monoisotopic (exact) mass is 277 g/mol. The fourth-order valence-corrected chi connectivity index (χ4v) is 1.60. The molecule has 110 valence electrons. The second kappa shape index (κ2) is 6.05. The summed E-state index contributed by atoms with van der Waals surface area (Å²) in [4.78, 5) is 25.4. The average Bonchev–Trinajstić information content (AvgIpc) is 2.35. The molecule has 2 amide bonds. The van der Waals surface area contributed by atoms with Crippen LogP contribution >= 0.6 is 0 Å². The lowest BCUT2D eigenvalue weighted by molar-refractivity contribution is -0.119. The molecule has 20 heavy (non-hydrogen) atoms. The predicted octanol–water partition coefficient (Wildman–Crippen LogP) is 1.70. The molecule has 0 aliphatic rings. The van der Waals surface area contributed by atoms with E-state index in [1.54, 1.807) is 38.4 Å². The Bertz CT molecular complexity index is 504. The first kappa shape index (κ1) is 16.2. The minimum absolute atomic E-state index is 0.110. The number of nitrogens with one attached hydrogen (secondary N) is 1. The summed E-state index contributed by atoms with van der Waals surface area (Å²) in [6.07, 6.45) is 0. The van der Waals surface area contributed by atoms with Crippen molar-refractivity contribution in [3.05, 3.63) is 29.8 Å². The van der Waals surface area contributed by atoms with Crippen molar-refractivity contribution in [3.8, 4) is 0 Å². The summed E-state index contributed by atoms with van der Waals surface area (Å²) in [5, 5.41) is 2.75. The lowest BCUT2D eigenvalue weighted by atomic mass is 9.87. The van der Waals surface area contributed by atoms with Gasteiger partial charge in [0.2, 0.25) is 5.91 Å². The summed E-state index contributed by atoms with van der Waals surface area (Å²) in [7, 11) is 3.37. The van der Waals surface area contributed by atoms with Gasteiger partial charge >= 0.3 is 0 Å². The number of rotatable bonds is 3. The number of carbonyl (C=O) groups is 2. The molecule has 0 aliphatic heterocycles. The van der Waals surface area contributed by atoms with Gasteiger partial charge in [0.1, 0.15) is 0 Å². The van der Waals surface area contributed by atoms with Crippen molar-refractivity contribution in [2.24, 2.45) is 11.1 Å². The van der Waals surface area contributed by atoms with Gasteiger partial charge in [0.05, 0.1) is 6.04 Å². The number of hydrogen-bond donors (Lipinski definition) is 2. The standard InChI is InChI=1S/C15H23N3O2/c1-15(2,3)12(16)13(19)17-11-8-6-7-10(9-11)14(20)18(4)5/h6-9,12H,16H2,1-5H3,(H,17,19)/t12-/m1/s1. The molecule has 3 N–H and O–H groups in total. The molecular weight excluding hydrogens is 254 g/mol. The largest absolute Gasteiger partial charge is 0.345 e. The van der Waals surface area contributed by atoms with E-state index in [0.29, 0.717) is 11.3 Å². The number of nitrogens with zero attached hydrogens (tertiary/aromatic N) is 1. The molecule has 1 rings (SSSR count). The van der Waals surface area contributed by atoms with E-state index in [-0.39, 0.29) is 17.2 Å². The Morgan fingerprint density at radius 2 is 1.85 bits per heavy atom. The molecule has 0 aliphatic carbocycles. The molecule has 5 nitrogen and oxygen atoms in total. The Labute approximate surface area is 120 Å². The van der Waals surface area contributed by atoms with Crippen LogP contribution < -0.4 is 11.1 Å². The summed E-state index contributed by atoms with van der Waals surface area (Å²) in [6.45, 7) is 5.72. The third-order valence-corrected chi connectivity index (χ3v) is 3.00. The first-order valence-corrected chi connectivity index (χ1v) is 6.51. The molecule has 0 saturated heterocycles. The summed E-state index contributed by atoms with van der Waals surface area (Å²) in [5.74, 6) is -0.367. The Morgan fingerprint density at radius 1 is 1.25 bits per heavy atom. The fraction of sp³-hybridized carbons (Fsp3) is 0.467. The number of amides is 2. The maximum atomic E-state index is 12.0. The zero-order valence-electron chi connectivity index (χ0n) is 12.7. The molecule has 5 heteroatoms. The van der Waals surface area contributed by atoms with Crippen LogP contribution in [0.2, 0.25) is 0 Å². The lowest BCUT2D eigenvalue weighted by Crippen LogP contribution is -2.45. The Hall–Kier alpha value is -1.88. The zero-order chi connectivity index (χ0) is 15.5. The van der Waals surface area contributed by atoms with Crippen molar-refractivity contribution in [2.75, 3.05) is 19.4 Å². The highest BCUT2D eigenvalue weighted by molar-refractivity contribution is 5.98.